The van der Waals surface area contributed by atoms with Gasteiger partial charge in [0.25, 0.3) is 0 Å². The molecule has 2 unspecified atom stereocenters. The molecule has 1 aliphatic rings. The van der Waals surface area contributed by atoms with Crippen LogP contribution in [0.15, 0.2) is 40.3 Å². The van der Waals surface area contributed by atoms with Crippen LogP contribution < -0.4 is 5.73 Å². The van der Waals surface area contributed by atoms with E-state index in [-0.39, 0.29) is 17.9 Å². The monoisotopic (exact) mass is 306 g/mol. The van der Waals surface area contributed by atoms with Gasteiger partial charge in [0.2, 0.25) is 5.91 Å². The van der Waals surface area contributed by atoms with E-state index < -0.39 is 0 Å². The molecule has 112 valence electrons. The smallest absolute Gasteiger partial charge is 0.230 e. The number of rotatable bonds is 5. The number of hydrogen-bond acceptors (Lipinski definition) is 5. The number of thiophene rings is 1. The summed E-state index contributed by atoms with van der Waals surface area (Å²) >= 11 is 1.64. The van der Waals surface area contributed by atoms with Gasteiger partial charge in [-0.15, -0.1) is 11.3 Å². The zero-order valence-electron chi connectivity index (χ0n) is 11.6. The van der Waals surface area contributed by atoms with Gasteiger partial charge in [-0.1, -0.05) is 6.07 Å². The summed E-state index contributed by atoms with van der Waals surface area (Å²) in [5.74, 6) is 0.539. The Balaban J connectivity index is 1.75. The van der Waals surface area contributed by atoms with Gasteiger partial charge in [0, 0.05) is 10.9 Å². The number of amides is 1. The Labute approximate surface area is 127 Å². The SMILES string of the molecule is NC1COCC1C(=O)N(Cc1ccco1)Cc1cccs1. The summed E-state index contributed by atoms with van der Waals surface area (Å²) in [6.45, 7) is 1.87. The first-order valence-electron chi connectivity index (χ1n) is 6.91. The van der Waals surface area contributed by atoms with Gasteiger partial charge in [-0.05, 0) is 23.6 Å². The topological polar surface area (TPSA) is 68.7 Å². The number of ether oxygens (including phenoxy) is 1. The molecular weight excluding hydrogens is 288 g/mol. The van der Waals surface area contributed by atoms with Gasteiger partial charge in [-0.25, -0.2) is 0 Å². The van der Waals surface area contributed by atoms with Crippen LogP contribution >= 0.6 is 11.3 Å². The Morgan fingerprint density at radius 2 is 2.24 bits per heavy atom. The van der Waals surface area contributed by atoms with Gasteiger partial charge in [0.1, 0.15) is 5.76 Å². The number of furan rings is 1. The minimum atomic E-state index is -0.264. The van der Waals surface area contributed by atoms with Crippen molar-refractivity contribution >= 4 is 17.2 Å². The molecule has 3 rings (SSSR count). The molecule has 0 bridgehead atoms. The second-order valence-electron chi connectivity index (χ2n) is 5.16. The molecule has 3 heterocycles. The maximum atomic E-state index is 12.7. The molecule has 1 amide bonds. The summed E-state index contributed by atoms with van der Waals surface area (Å²) in [5.41, 5.74) is 5.97. The van der Waals surface area contributed by atoms with E-state index in [1.807, 2.05) is 29.6 Å². The van der Waals surface area contributed by atoms with E-state index in [2.05, 4.69) is 0 Å². The van der Waals surface area contributed by atoms with E-state index in [9.17, 15) is 4.79 Å². The highest BCUT2D eigenvalue weighted by atomic mass is 32.1. The Bertz CT molecular complexity index is 532. The fourth-order valence-electron chi connectivity index (χ4n) is 2.45. The average Bonchev–Trinajstić information content (AvgIpc) is 3.19. The van der Waals surface area contributed by atoms with Crippen molar-refractivity contribution in [2.75, 3.05) is 13.2 Å². The van der Waals surface area contributed by atoms with Crippen molar-refractivity contribution in [3.63, 3.8) is 0 Å². The maximum absolute atomic E-state index is 12.7. The first-order chi connectivity index (χ1) is 10.2. The van der Waals surface area contributed by atoms with Crippen molar-refractivity contribution in [1.82, 2.24) is 4.90 Å². The molecule has 5 nitrogen and oxygen atoms in total. The van der Waals surface area contributed by atoms with E-state index in [0.717, 1.165) is 10.6 Å². The largest absolute Gasteiger partial charge is 0.467 e. The third kappa shape index (κ3) is 3.34. The summed E-state index contributed by atoms with van der Waals surface area (Å²) < 4.78 is 10.7. The third-order valence-corrected chi connectivity index (χ3v) is 4.47. The highest BCUT2D eigenvalue weighted by Crippen LogP contribution is 2.20. The zero-order valence-corrected chi connectivity index (χ0v) is 12.4. The average molecular weight is 306 g/mol. The van der Waals surface area contributed by atoms with Crippen molar-refractivity contribution in [1.29, 1.82) is 0 Å². The van der Waals surface area contributed by atoms with E-state index in [1.165, 1.54) is 0 Å². The third-order valence-electron chi connectivity index (χ3n) is 3.61. The van der Waals surface area contributed by atoms with Gasteiger partial charge in [0.05, 0.1) is 38.5 Å². The van der Waals surface area contributed by atoms with Gasteiger partial charge in [-0.3, -0.25) is 4.79 Å². The highest BCUT2D eigenvalue weighted by molar-refractivity contribution is 7.09. The number of carbonyl (C=O) groups is 1. The molecule has 1 aliphatic heterocycles. The summed E-state index contributed by atoms with van der Waals surface area (Å²) in [5, 5.41) is 2.01. The summed E-state index contributed by atoms with van der Waals surface area (Å²) in [7, 11) is 0. The predicted molar refractivity (Wildman–Crippen MR) is 79.6 cm³/mol. The quantitative estimate of drug-likeness (QED) is 0.915. The van der Waals surface area contributed by atoms with Crippen LogP contribution in [-0.2, 0) is 22.6 Å². The minimum Gasteiger partial charge on any atom is -0.467 e. The van der Waals surface area contributed by atoms with Crippen LogP contribution in [0.4, 0.5) is 0 Å². The van der Waals surface area contributed by atoms with Crippen LogP contribution in [0, 0.1) is 5.92 Å². The number of nitrogens with two attached hydrogens (primary N) is 1. The lowest BCUT2D eigenvalue weighted by molar-refractivity contribution is -0.137. The van der Waals surface area contributed by atoms with E-state index >= 15 is 0 Å². The first-order valence-corrected chi connectivity index (χ1v) is 7.79. The van der Waals surface area contributed by atoms with Crippen LogP contribution in [0.1, 0.15) is 10.6 Å². The fraction of sp³-hybridized carbons (Fsp3) is 0.400. The molecule has 0 aromatic carbocycles. The molecule has 2 N–H and O–H groups in total. The summed E-state index contributed by atoms with van der Waals surface area (Å²) in [6, 6.07) is 7.49. The van der Waals surface area contributed by atoms with E-state index in [1.54, 1.807) is 22.5 Å². The second kappa shape index (κ2) is 6.43. The van der Waals surface area contributed by atoms with E-state index in [4.69, 9.17) is 14.9 Å². The van der Waals surface area contributed by atoms with Gasteiger partial charge >= 0.3 is 0 Å². The normalized spacial score (nSPS) is 21.6. The van der Waals surface area contributed by atoms with Crippen molar-refractivity contribution in [2.45, 2.75) is 19.1 Å². The van der Waals surface area contributed by atoms with Crippen molar-refractivity contribution in [2.24, 2.45) is 11.7 Å². The van der Waals surface area contributed by atoms with Crippen molar-refractivity contribution < 1.29 is 13.9 Å². The van der Waals surface area contributed by atoms with Crippen LogP contribution in [0.2, 0.25) is 0 Å². The predicted octanol–water partition coefficient (Wildman–Crippen LogP) is 1.84. The lowest BCUT2D eigenvalue weighted by Crippen LogP contribution is -2.42. The second-order valence-corrected chi connectivity index (χ2v) is 6.19. The maximum Gasteiger partial charge on any atom is 0.230 e. The molecular formula is C15H18N2O3S. The van der Waals surface area contributed by atoms with Gasteiger partial charge in [0.15, 0.2) is 0 Å². The number of nitrogens with zero attached hydrogens (tertiary/aromatic N) is 1. The van der Waals surface area contributed by atoms with E-state index in [0.29, 0.717) is 26.3 Å². The first kappa shape index (κ1) is 14.3. The molecule has 0 radical (unpaired) electrons. The van der Waals surface area contributed by atoms with Crippen molar-refractivity contribution in [3.05, 3.63) is 46.5 Å². The van der Waals surface area contributed by atoms with Crippen LogP contribution in [0.3, 0.4) is 0 Å². The Kier molecular flexibility index (Phi) is 4.38. The molecule has 0 aliphatic carbocycles. The lowest BCUT2D eigenvalue weighted by Gasteiger charge is -2.25. The molecule has 1 fully saturated rings. The Morgan fingerprint density at radius 1 is 1.33 bits per heavy atom. The lowest BCUT2D eigenvalue weighted by atomic mass is 10.0. The van der Waals surface area contributed by atoms with Gasteiger partial charge < -0.3 is 19.8 Å². The van der Waals surface area contributed by atoms with Crippen LogP contribution in [0.25, 0.3) is 0 Å². The Morgan fingerprint density at radius 3 is 2.86 bits per heavy atom. The molecule has 6 heteroatoms. The summed E-state index contributed by atoms with van der Waals surface area (Å²) in [4.78, 5) is 15.7. The molecule has 2 atom stereocenters. The fourth-order valence-corrected chi connectivity index (χ4v) is 3.17. The molecule has 2 aromatic heterocycles. The van der Waals surface area contributed by atoms with Gasteiger partial charge in [-0.2, -0.15) is 0 Å². The molecule has 1 saturated heterocycles. The highest BCUT2D eigenvalue weighted by Gasteiger charge is 2.34. The standard InChI is InChI=1S/C15H18N2O3S/c16-14-10-19-9-13(14)15(18)17(7-11-3-1-5-20-11)8-12-4-2-6-21-12/h1-6,13-14H,7-10,16H2. The number of hydrogen-bond donors (Lipinski definition) is 1. The molecule has 0 saturated carbocycles. The van der Waals surface area contributed by atoms with Crippen LogP contribution in [-0.4, -0.2) is 30.1 Å². The Hall–Kier alpha value is -1.63. The van der Waals surface area contributed by atoms with Crippen LogP contribution in [0.5, 0.6) is 0 Å². The molecule has 21 heavy (non-hydrogen) atoms. The molecule has 2 aromatic rings. The van der Waals surface area contributed by atoms with Crippen molar-refractivity contribution in [3.8, 4) is 0 Å². The minimum absolute atomic E-state index is 0.0322. The molecule has 0 spiro atoms. The number of carbonyl (C=O) groups excluding carboxylic acids is 1. The summed E-state index contributed by atoms with van der Waals surface area (Å²) in [6.07, 6.45) is 1.62. The zero-order chi connectivity index (χ0) is 14.7.